The van der Waals surface area contributed by atoms with E-state index in [4.69, 9.17) is 0 Å². The van der Waals surface area contributed by atoms with E-state index in [1.807, 2.05) is 0 Å². The van der Waals surface area contributed by atoms with E-state index in [0.717, 1.165) is 51.9 Å². The topological polar surface area (TPSA) is 127 Å². The van der Waals surface area contributed by atoms with Gasteiger partial charge in [-0.3, -0.25) is 4.79 Å². The number of hydrogen-bond acceptors (Lipinski definition) is 10. The summed E-state index contributed by atoms with van der Waals surface area (Å²) < 4.78 is 100. The number of carbonyl (C=O) groups excluding carboxylic acids is 1. The van der Waals surface area contributed by atoms with Crippen molar-refractivity contribution < 1.29 is 44.6 Å². The lowest BCUT2D eigenvalue weighted by Gasteiger charge is -2.39. The van der Waals surface area contributed by atoms with E-state index in [2.05, 4.69) is 29.7 Å². The average molecular weight is 685 g/mol. The van der Waals surface area contributed by atoms with Gasteiger partial charge in [0.15, 0.2) is 10.8 Å². The Bertz CT molecular complexity index is 1820. The number of sulfonamides is 1. The van der Waals surface area contributed by atoms with Crippen molar-refractivity contribution in [2.45, 2.75) is 49.2 Å². The van der Waals surface area contributed by atoms with Gasteiger partial charge in [-0.2, -0.15) is 18.1 Å². The van der Waals surface area contributed by atoms with Crippen LogP contribution in [0.15, 0.2) is 59.6 Å². The summed E-state index contributed by atoms with van der Waals surface area (Å²) in [5.41, 5.74) is 1.04. The molecule has 244 valence electrons. The Labute approximate surface area is 263 Å². The van der Waals surface area contributed by atoms with E-state index in [1.54, 1.807) is 11.1 Å². The Kier molecular flexibility index (Phi) is 8.68. The number of anilines is 1. The zero-order chi connectivity index (χ0) is 32.6. The number of fused-ring (bicyclic) bond motifs is 1. The van der Waals surface area contributed by atoms with Gasteiger partial charge in [-0.25, -0.2) is 18.4 Å². The maximum atomic E-state index is 13.7. The van der Waals surface area contributed by atoms with E-state index in [9.17, 15) is 35.2 Å². The Morgan fingerprint density at radius 3 is 2.37 bits per heavy atom. The van der Waals surface area contributed by atoms with Crippen molar-refractivity contribution in [2.24, 2.45) is 0 Å². The van der Waals surface area contributed by atoms with Crippen molar-refractivity contribution in [1.29, 1.82) is 0 Å². The number of alkyl halides is 5. The third-order valence-electron chi connectivity index (χ3n) is 7.28. The molecule has 1 aliphatic heterocycles. The predicted octanol–water partition coefficient (Wildman–Crippen LogP) is 4.66. The van der Waals surface area contributed by atoms with Gasteiger partial charge in [-0.05, 0) is 54.8 Å². The standard InChI is InChI=1S/C28H25F5N6O5S2/c29-26(30)43-18-5-1-16(2-6-18)13-35-25(40)21-15-38(27-37-24-22(45-27)14-34-23(36-24)17-3-4-17)11-12-39(21)46(41,42)20-9-7-19(8-10-20)44-28(31,32)33/h1-2,5-10,14,17,21,26H,3-4,11-13,15H2,(H,35,40)/t21-/m1/s1. The molecular formula is C28H25F5N6O5S2. The van der Waals surface area contributed by atoms with E-state index >= 15 is 0 Å². The molecule has 18 heteroatoms. The summed E-state index contributed by atoms with van der Waals surface area (Å²) >= 11 is 1.30. The van der Waals surface area contributed by atoms with Crippen LogP contribution in [-0.2, 0) is 21.4 Å². The van der Waals surface area contributed by atoms with Crippen molar-refractivity contribution in [3.8, 4) is 11.5 Å². The predicted molar refractivity (Wildman–Crippen MR) is 155 cm³/mol. The largest absolute Gasteiger partial charge is 0.573 e. The van der Waals surface area contributed by atoms with Crippen LogP contribution in [0.3, 0.4) is 0 Å². The number of nitrogens with one attached hydrogen (secondary N) is 1. The number of halogens is 5. The maximum Gasteiger partial charge on any atom is 0.573 e. The zero-order valence-electron chi connectivity index (χ0n) is 23.7. The number of benzene rings is 2. The van der Waals surface area contributed by atoms with Crippen LogP contribution >= 0.6 is 11.3 Å². The van der Waals surface area contributed by atoms with Crippen LogP contribution in [0.5, 0.6) is 11.5 Å². The molecule has 1 aliphatic carbocycles. The van der Waals surface area contributed by atoms with Crippen molar-refractivity contribution in [3.05, 3.63) is 66.1 Å². The number of carbonyl (C=O) groups is 1. The van der Waals surface area contributed by atoms with Gasteiger partial charge in [0.2, 0.25) is 15.9 Å². The molecule has 1 amide bonds. The van der Waals surface area contributed by atoms with Crippen LogP contribution in [0.1, 0.15) is 30.1 Å². The molecule has 2 aromatic heterocycles. The number of hydrogen-bond donors (Lipinski definition) is 1. The lowest BCUT2D eigenvalue weighted by Crippen LogP contribution is -2.60. The molecule has 1 saturated heterocycles. The van der Waals surface area contributed by atoms with Crippen molar-refractivity contribution in [1.82, 2.24) is 24.6 Å². The van der Waals surface area contributed by atoms with Gasteiger partial charge in [-0.15, -0.1) is 13.2 Å². The van der Waals surface area contributed by atoms with Crippen LogP contribution < -0.4 is 19.7 Å². The Balaban J connectivity index is 1.24. The second kappa shape index (κ2) is 12.6. The molecule has 1 saturated carbocycles. The van der Waals surface area contributed by atoms with Gasteiger partial charge in [0.1, 0.15) is 23.4 Å². The summed E-state index contributed by atoms with van der Waals surface area (Å²) in [7, 11) is -4.37. The number of rotatable bonds is 10. The number of aromatic nitrogens is 3. The summed E-state index contributed by atoms with van der Waals surface area (Å²) in [5, 5.41) is 3.22. The van der Waals surface area contributed by atoms with E-state index in [1.165, 1.54) is 35.6 Å². The first-order chi connectivity index (χ1) is 21.9. The molecule has 3 heterocycles. The number of nitrogens with zero attached hydrogens (tertiary/aromatic N) is 5. The highest BCUT2D eigenvalue weighted by molar-refractivity contribution is 7.89. The van der Waals surface area contributed by atoms with Crippen LogP contribution in [0, 0.1) is 0 Å². The fraction of sp³-hybridized carbons (Fsp3) is 0.357. The first kappa shape index (κ1) is 31.8. The molecule has 46 heavy (non-hydrogen) atoms. The molecule has 0 unspecified atom stereocenters. The number of piperazine rings is 1. The maximum absolute atomic E-state index is 13.7. The molecule has 0 radical (unpaired) electrons. The first-order valence-corrected chi connectivity index (χ1v) is 16.2. The molecule has 4 aromatic rings. The van der Waals surface area contributed by atoms with Crippen LogP contribution in [-0.4, -0.2) is 72.2 Å². The minimum atomic E-state index is -4.96. The molecular weight excluding hydrogens is 659 g/mol. The summed E-state index contributed by atoms with van der Waals surface area (Å²) in [6.07, 6.45) is -1.23. The molecule has 1 atom stereocenters. The van der Waals surface area contributed by atoms with Crippen molar-refractivity contribution in [2.75, 3.05) is 24.5 Å². The molecule has 0 spiro atoms. The molecule has 6 rings (SSSR count). The number of amides is 1. The lowest BCUT2D eigenvalue weighted by atomic mass is 10.1. The van der Waals surface area contributed by atoms with Crippen LogP contribution in [0.2, 0.25) is 0 Å². The highest BCUT2D eigenvalue weighted by atomic mass is 32.2. The summed E-state index contributed by atoms with van der Waals surface area (Å²) in [6, 6.07) is 8.01. The molecule has 0 bridgehead atoms. The molecule has 11 nitrogen and oxygen atoms in total. The highest BCUT2D eigenvalue weighted by Crippen LogP contribution is 2.39. The minimum Gasteiger partial charge on any atom is -0.435 e. The number of ether oxygens (including phenoxy) is 2. The Morgan fingerprint density at radius 2 is 1.72 bits per heavy atom. The second-order valence-corrected chi connectivity index (χ2v) is 13.4. The van der Waals surface area contributed by atoms with Gasteiger partial charge < -0.3 is 19.7 Å². The molecule has 2 aliphatic rings. The van der Waals surface area contributed by atoms with Gasteiger partial charge in [0.05, 0.1) is 15.8 Å². The Hall–Kier alpha value is -4.16. The van der Waals surface area contributed by atoms with Crippen molar-refractivity contribution in [3.63, 3.8) is 0 Å². The summed E-state index contributed by atoms with van der Waals surface area (Å²) in [4.78, 5) is 28.7. The molecule has 1 N–H and O–H groups in total. The quantitative estimate of drug-likeness (QED) is 0.238. The summed E-state index contributed by atoms with van der Waals surface area (Å²) in [5.74, 6) is -0.285. The van der Waals surface area contributed by atoms with Gasteiger partial charge in [-0.1, -0.05) is 23.5 Å². The van der Waals surface area contributed by atoms with Crippen molar-refractivity contribution >= 4 is 42.7 Å². The molecule has 2 aromatic carbocycles. The van der Waals surface area contributed by atoms with E-state index in [-0.39, 0.29) is 36.8 Å². The second-order valence-electron chi connectivity index (χ2n) is 10.5. The zero-order valence-corrected chi connectivity index (χ0v) is 25.3. The normalized spacial score (nSPS) is 17.8. The third kappa shape index (κ3) is 7.28. The van der Waals surface area contributed by atoms with Gasteiger partial charge in [0, 0.05) is 32.1 Å². The van der Waals surface area contributed by atoms with Gasteiger partial charge >= 0.3 is 13.0 Å². The third-order valence-corrected chi connectivity index (χ3v) is 10.2. The highest BCUT2D eigenvalue weighted by Gasteiger charge is 2.41. The van der Waals surface area contributed by atoms with Crippen LogP contribution in [0.25, 0.3) is 10.3 Å². The first-order valence-electron chi connectivity index (χ1n) is 13.9. The lowest BCUT2D eigenvalue weighted by molar-refractivity contribution is -0.274. The van der Waals surface area contributed by atoms with Crippen LogP contribution in [0.4, 0.5) is 27.1 Å². The number of thiazole rings is 1. The smallest absolute Gasteiger partial charge is 0.435 e. The monoisotopic (exact) mass is 684 g/mol. The molecule has 2 fully saturated rings. The van der Waals surface area contributed by atoms with Gasteiger partial charge in [0.25, 0.3) is 0 Å². The fourth-order valence-electron chi connectivity index (χ4n) is 4.90. The van der Waals surface area contributed by atoms with E-state index < -0.39 is 40.7 Å². The fourth-order valence-corrected chi connectivity index (χ4v) is 7.38. The summed E-state index contributed by atoms with van der Waals surface area (Å²) in [6.45, 7) is -3.13. The van der Waals surface area contributed by atoms with E-state index in [0.29, 0.717) is 22.3 Å². The minimum absolute atomic E-state index is 0.0532. The SMILES string of the molecule is O=C(NCc1ccc(OC(F)F)cc1)[C@H]1CN(c2nc3nc(C4CC4)ncc3s2)CCN1S(=O)(=O)c1ccc(OC(F)(F)F)cc1. The Morgan fingerprint density at radius 1 is 1.02 bits per heavy atom. The average Bonchev–Trinajstić information content (AvgIpc) is 3.77.